The first-order chi connectivity index (χ1) is 14.3. The molecule has 3 heterocycles. The molecule has 1 atom stereocenters. The van der Waals surface area contributed by atoms with Crippen molar-refractivity contribution in [1.82, 2.24) is 9.80 Å². The fourth-order valence-corrected chi connectivity index (χ4v) is 4.04. The van der Waals surface area contributed by atoms with Crippen LogP contribution < -0.4 is 4.74 Å². The van der Waals surface area contributed by atoms with Crippen LogP contribution in [0.3, 0.4) is 0 Å². The van der Waals surface area contributed by atoms with E-state index in [1.54, 1.807) is 7.11 Å². The van der Waals surface area contributed by atoms with Crippen molar-refractivity contribution in [2.75, 3.05) is 46.6 Å². The van der Waals surface area contributed by atoms with Crippen molar-refractivity contribution in [3.05, 3.63) is 53.5 Å². The number of furan rings is 1. The van der Waals surface area contributed by atoms with E-state index >= 15 is 0 Å². The standard InChI is InChI=1S/C23H32N2O4/c1-26-20-6-4-19(5-7-20)15-25(16-21-3-2-12-28-21)18-23-9-8-22(29-23)17-24-10-13-27-14-11-24/h4-9,21H,2-3,10-18H2,1H3. The lowest BCUT2D eigenvalue weighted by atomic mass is 10.1. The zero-order valence-corrected chi connectivity index (χ0v) is 17.3. The third-order valence-corrected chi connectivity index (χ3v) is 5.63. The van der Waals surface area contributed by atoms with Gasteiger partial charge in [0.05, 0.1) is 39.5 Å². The van der Waals surface area contributed by atoms with Gasteiger partial charge in [0.15, 0.2) is 0 Å². The number of nitrogens with zero attached hydrogens (tertiary/aromatic N) is 2. The van der Waals surface area contributed by atoms with Gasteiger partial charge in [0.1, 0.15) is 17.3 Å². The molecule has 6 nitrogen and oxygen atoms in total. The molecule has 1 aromatic carbocycles. The molecule has 2 aliphatic rings. The van der Waals surface area contributed by atoms with E-state index < -0.39 is 0 Å². The van der Waals surface area contributed by atoms with Crippen molar-refractivity contribution < 1.29 is 18.6 Å². The second kappa shape index (κ2) is 10.3. The van der Waals surface area contributed by atoms with E-state index in [2.05, 4.69) is 34.1 Å². The highest BCUT2D eigenvalue weighted by molar-refractivity contribution is 5.27. The van der Waals surface area contributed by atoms with Crippen LogP contribution in [0, 0.1) is 0 Å². The lowest BCUT2D eigenvalue weighted by Crippen LogP contribution is -2.35. The summed E-state index contributed by atoms with van der Waals surface area (Å²) in [7, 11) is 1.70. The monoisotopic (exact) mass is 400 g/mol. The Morgan fingerprint density at radius 3 is 2.52 bits per heavy atom. The number of hydrogen-bond donors (Lipinski definition) is 0. The van der Waals surface area contributed by atoms with Crippen LogP contribution in [0.5, 0.6) is 5.75 Å². The maximum atomic E-state index is 6.17. The highest BCUT2D eigenvalue weighted by Crippen LogP contribution is 2.20. The van der Waals surface area contributed by atoms with Gasteiger partial charge >= 0.3 is 0 Å². The molecule has 2 aliphatic heterocycles. The molecular formula is C23H32N2O4. The molecule has 0 saturated carbocycles. The van der Waals surface area contributed by atoms with Gasteiger partial charge in [-0.25, -0.2) is 0 Å². The van der Waals surface area contributed by atoms with Gasteiger partial charge in [0.2, 0.25) is 0 Å². The summed E-state index contributed by atoms with van der Waals surface area (Å²) in [6.07, 6.45) is 2.61. The lowest BCUT2D eigenvalue weighted by Gasteiger charge is -2.26. The van der Waals surface area contributed by atoms with Gasteiger partial charge in [-0.15, -0.1) is 0 Å². The van der Waals surface area contributed by atoms with Crippen molar-refractivity contribution >= 4 is 0 Å². The van der Waals surface area contributed by atoms with Crippen LogP contribution in [-0.4, -0.2) is 62.5 Å². The minimum atomic E-state index is 0.316. The van der Waals surface area contributed by atoms with E-state index in [-0.39, 0.29) is 0 Å². The van der Waals surface area contributed by atoms with Crippen LogP contribution >= 0.6 is 0 Å². The highest BCUT2D eigenvalue weighted by Gasteiger charge is 2.21. The van der Waals surface area contributed by atoms with Crippen molar-refractivity contribution in [2.45, 2.75) is 38.6 Å². The number of rotatable bonds is 9. The molecule has 0 amide bonds. The molecule has 2 aromatic rings. The molecular weight excluding hydrogens is 368 g/mol. The van der Waals surface area contributed by atoms with Gasteiger partial charge in [-0.2, -0.15) is 0 Å². The van der Waals surface area contributed by atoms with Gasteiger partial charge < -0.3 is 18.6 Å². The molecule has 4 rings (SSSR count). The van der Waals surface area contributed by atoms with E-state index in [9.17, 15) is 0 Å². The Kier molecular flexibility index (Phi) is 7.22. The van der Waals surface area contributed by atoms with E-state index in [0.29, 0.717) is 6.10 Å². The molecule has 158 valence electrons. The van der Waals surface area contributed by atoms with Gasteiger partial charge in [-0.05, 0) is 42.7 Å². The Labute approximate surface area is 173 Å². The first-order valence-electron chi connectivity index (χ1n) is 10.6. The molecule has 0 bridgehead atoms. The number of hydrogen-bond acceptors (Lipinski definition) is 6. The van der Waals surface area contributed by atoms with Crippen LogP contribution in [0.1, 0.15) is 29.9 Å². The molecule has 0 spiro atoms. The van der Waals surface area contributed by atoms with Crippen molar-refractivity contribution in [1.29, 1.82) is 0 Å². The number of benzene rings is 1. The summed E-state index contributed by atoms with van der Waals surface area (Å²) >= 11 is 0. The largest absolute Gasteiger partial charge is 0.497 e. The minimum Gasteiger partial charge on any atom is -0.497 e. The Bertz CT molecular complexity index is 734. The predicted molar refractivity (Wildman–Crippen MR) is 111 cm³/mol. The Hall–Kier alpha value is -1.86. The third kappa shape index (κ3) is 6.06. The normalized spacial score (nSPS) is 20.4. The fourth-order valence-electron chi connectivity index (χ4n) is 4.04. The summed E-state index contributed by atoms with van der Waals surface area (Å²) in [4.78, 5) is 4.81. The number of methoxy groups -OCH3 is 1. The summed E-state index contributed by atoms with van der Waals surface area (Å²) < 4.78 is 22.8. The van der Waals surface area contributed by atoms with Crippen LogP contribution in [0.25, 0.3) is 0 Å². The number of morpholine rings is 1. The Morgan fingerprint density at radius 2 is 1.79 bits per heavy atom. The fraction of sp³-hybridized carbons (Fsp3) is 0.565. The molecule has 0 N–H and O–H groups in total. The maximum absolute atomic E-state index is 6.17. The summed E-state index contributed by atoms with van der Waals surface area (Å²) in [6, 6.07) is 12.5. The van der Waals surface area contributed by atoms with E-state index in [1.807, 2.05) is 12.1 Å². The quantitative estimate of drug-likeness (QED) is 0.644. The number of ether oxygens (including phenoxy) is 3. The van der Waals surface area contributed by atoms with Gasteiger partial charge in [-0.3, -0.25) is 9.80 Å². The third-order valence-electron chi connectivity index (χ3n) is 5.63. The van der Waals surface area contributed by atoms with Crippen LogP contribution in [0.4, 0.5) is 0 Å². The summed E-state index contributed by atoms with van der Waals surface area (Å²) in [6.45, 7) is 7.87. The second-order valence-corrected chi connectivity index (χ2v) is 7.91. The zero-order chi connectivity index (χ0) is 19.9. The average Bonchev–Trinajstić information content (AvgIpc) is 3.41. The molecule has 2 fully saturated rings. The van der Waals surface area contributed by atoms with Crippen molar-refractivity contribution in [3.63, 3.8) is 0 Å². The zero-order valence-electron chi connectivity index (χ0n) is 17.3. The highest BCUT2D eigenvalue weighted by atomic mass is 16.5. The summed E-state index contributed by atoms with van der Waals surface area (Å²) in [5.74, 6) is 2.93. The molecule has 0 aliphatic carbocycles. The molecule has 2 saturated heterocycles. The van der Waals surface area contributed by atoms with E-state index in [1.165, 1.54) is 5.56 Å². The first kappa shape index (κ1) is 20.4. The molecule has 29 heavy (non-hydrogen) atoms. The smallest absolute Gasteiger partial charge is 0.118 e. The molecule has 0 radical (unpaired) electrons. The van der Waals surface area contributed by atoms with Gasteiger partial charge in [0, 0.05) is 32.8 Å². The Balaban J connectivity index is 1.38. The van der Waals surface area contributed by atoms with E-state index in [4.69, 9.17) is 18.6 Å². The second-order valence-electron chi connectivity index (χ2n) is 7.91. The van der Waals surface area contributed by atoms with Crippen LogP contribution in [-0.2, 0) is 29.1 Å². The SMILES string of the molecule is COc1ccc(CN(Cc2ccc(CN3CCOCC3)o2)CC2CCCO2)cc1. The topological polar surface area (TPSA) is 47.3 Å². The van der Waals surface area contributed by atoms with Crippen molar-refractivity contribution in [3.8, 4) is 5.75 Å². The Morgan fingerprint density at radius 1 is 1.00 bits per heavy atom. The van der Waals surface area contributed by atoms with Crippen LogP contribution in [0.15, 0.2) is 40.8 Å². The molecule has 1 unspecified atom stereocenters. The van der Waals surface area contributed by atoms with Gasteiger partial charge in [-0.1, -0.05) is 12.1 Å². The molecule has 6 heteroatoms. The van der Waals surface area contributed by atoms with Crippen molar-refractivity contribution in [2.24, 2.45) is 0 Å². The average molecular weight is 401 g/mol. The first-order valence-corrected chi connectivity index (χ1v) is 10.6. The molecule has 1 aromatic heterocycles. The predicted octanol–water partition coefficient (Wildman–Crippen LogP) is 3.30. The van der Waals surface area contributed by atoms with Gasteiger partial charge in [0.25, 0.3) is 0 Å². The summed E-state index contributed by atoms with van der Waals surface area (Å²) in [5.41, 5.74) is 1.27. The minimum absolute atomic E-state index is 0.316. The summed E-state index contributed by atoms with van der Waals surface area (Å²) in [5, 5.41) is 0. The van der Waals surface area contributed by atoms with E-state index in [0.717, 1.165) is 89.2 Å². The lowest BCUT2D eigenvalue weighted by molar-refractivity contribution is 0.0309. The van der Waals surface area contributed by atoms with Crippen LogP contribution in [0.2, 0.25) is 0 Å². The maximum Gasteiger partial charge on any atom is 0.118 e.